The minimum atomic E-state index is -0.174. The summed E-state index contributed by atoms with van der Waals surface area (Å²) in [5.74, 6) is 0. The zero-order valence-corrected chi connectivity index (χ0v) is 10.8. The van der Waals surface area contributed by atoms with E-state index in [2.05, 4.69) is 16.0 Å². The minimum Gasteiger partial charge on any atom is -0.392 e. The van der Waals surface area contributed by atoms with Crippen LogP contribution in [0.5, 0.6) is 0 Å². The summed E-state index contributed by atoms with van der Waals surface area (Å²) in [6.07, 6.45) is 0.696. The lowest BCUT2D eigenvalue weighted by Gasteiger charge is -2.16. The molecule has 1 unspecified atom stereocenters. The van der Waals surface area contributed by atoms with E-state index in [1.165, 1.54) is 5.56 Å². The molecule has 0 aliphatic carbocycles. The molecule has 1 aromatic heterocycles. The highest BCUT2D eigenvalue weighted by molar-refractivity contribution is 6.29. The second-order valence-electron chi connectivity index (χ2n) is 4.80. The molecule has 0 amide bonds. The third-order valence-electron chi connectivity index (χ3n) is 3.43. The fourth-order valence-corrected chi connectivity index (χ4v) is 2.68. The van der Waals surface area contributed by atoms with Crippen molar-refractivity contribution in [2.45, 2.75) is 19.1 Å². The average Bonchev–Trinajstić information content (AvgIpc) is 2.75. The van der Waals surface area contributed by atoms with Gasteiger partial charge in [-0.05, 0) is 30.2 Å². The number of aromatic nitrogens is 1. The Morgan fingerprint density at radius 1 is 1.33 bits per heavy atom. The molecule has 3 nitrogen and oxygen atoms in total. The first-order valence-corrected chi connectivity index (χ1v) is 6.55. The maximum Gasteiger partial charge on any atom is 0.129 e. The summed E-state index contributed by atoms with van der Waals surface area (Å²) >= 11 is 5.91. The lowest BCUT2D eigenvalue weighted by Crippen LogP contribution is -2.21. The molecule has 1 saturated heterocycles. The van der Waals surface area contributed by atoms with Crippen molar-refractivity contribution >= 4 is 22.5 Å². The number of hydrogen-bond donors (Lipinski definition) is 1. The fourth-order valence-electron chi connectivity index (χ4n) is 2.53. The van der Waals surface area contributed by atoms with Crippen LogP contribution in [-0.4, -0.2) is 34.2 Å². The van der Waals surface area contributed by atoms with Gasteiger partial charge in [0.1, 0.15) is 5.15 Å². The molecule has 0 radical (unpaired) electrons. The summed E-state index contributed by atoms with van der Waals surface area (Å²) in [6.45, 7) is 2.58. The summed E-state index contributed by atoms with van der Waals surface area (Å²) < 4.78 is 0. The van der Waals surface area contributed by atoms with Crippen LogP contribution in [0.25, 0.3) is 10.9 Å². The Bertz CT molecular complexity index is 573. The number of benzene rings is 1. The van der Waals surface area contributed by atoms with E-state index in [0.29, 0.717) is 5.15 Å². The molecule has 2 aromatic rings. The first-order chi connectivity index (χ1) is 8.72. The van der Waals surface area contributed by atoms with Crippen LogP contribution in [0.1, 0.15) is 12.0 Å². The van der Waals surface area contributed by atoms with Gasteiger partial charge >= 0.3 is 0 Å². The molecule has 1 aromatic carbocycles. The number of aliphatic hydroxyl groups is 1. The number of fused-ring (bicyclic) bond motifs is 1. The lowest BCUT2D eigenvalue weighted by atomic mass is 10.1. The smallest absolute Gasteiger partial charge is 0.129 e. The first kappa shape index (κ1) is 11.9. The van der Waals surface area contributed by atoms with E-state index in [-0.39, 0.29) is 6.10 Å². The Balaban J connectivity index is 1.92. The van der Waals surface area contributed by atoms with Gasteiger partial charge in [-0.3, -0.25) is 4.90 Å². The molecular formula is C14H15ClN2O. The van der Waals surface area contributed by atoms with E-state index in [0.717, 1.165) is 37.0 Å². The largest absolute Gasteiger partial charge is 0.392 e. The molecule has 1 aliphatic rings. The van der Waals surface area contributed by atoms with E-state index in [1.807, 2.05) is 24.3 Å². The highest BCUT2D eigenvalue weighted by Gasteiger charge is 2.20. The number of rotatable bonds is 2. The van der Waals surface area contributed by atoms with Gasteiger partial charge in [0.2, 0.25) is 0 Å². The molecule has 0 spiro atoms. The van der Waals surface area contributed by atoms with Gasteiger partial charge < -0.3 is 5.11 Å². The van der Waals surface area contributed by atoms with Crippen LogP contribution in [0.4, 0.5) is 0 Å². The normalized spacial score (nSPS) is 20.7. The topological polar surface area (TPSA) is 36.4 Å². The van der Waals surface area contributed by atoms with Gasteiger partial charge in [-0.15, -0.1) is 0 Å². The molecule has 4 heteroatoms. The number of hydrogen-bond acceptors (Lipinski definition) is 3. The summed E-state index contributed by atoms with van der Waals surface area (Å²) in [7, 11) is 0. The van der Waals surface area contributed by atoms with E-state index in [1.54, 1.807) is 0 Å². The predicted octanol–water partition coefficient (Wildman–Crippen LogP) is 2.45. The molecule has 1 N–H and O–H groups in total. The summed E-state index contributed by atoms with van der Waals surface area (Å²) in [4.78, 5) is 6.60. The average molecular weight is 263 g/mol. The van der Waals surface area contributed by atoms with Crippen molar-refractivity contribution in [3.63, 3.8) is 0 Å². The molecule has 1 atom stereocenters. The van der Waals surface area contributed by atoms with Gasteiger partial charge in [0.15, 0.2) is 0 Å². The van der Waals surface area contributed by atoms with Gasteiger partial charge in [-0.1, -0.05) is 23.7 Å². The number of likely N-dealkylation sites (tertiary alicyclic amines) is 1. The SMILES string of the molecule is OC1CCN(Cc2cccc3nc(Cl)ccc23)C1. The van der Waals surface area contributed by atoms with Crippen molar-refractivity contribution in [2.24, 2.45) is 0 Å². The second-order valence-corrected chi connectivity index (χ2v) is 5.18. The number of halogens is 1. The molecule has 1 fully saturated rings. The molecule has 2 heterocycles. The first-order valence-electron chi connectivity index (χ1n) is 6.17. The predicted molar refractivity (Wildman–Crippen MR) is 72.7 cm³/mol. The Morgan fingerprint density at radius 2 is 2.22 bits per heavy atom. The van der Waals surface area contributed by atoms with E-state index in [9.17, 15) is 5.11 Å². The maximum absolute atomic E-state index is 9.56. The van der Waals surface area contributed by atoms with Crippen LogP contribution < -0.4 is 0 Å². The molecule has 94 valence electrons. The number of pyridine rings is 1. The summed E-state index contributed by atoms with van der Waals surface area (Å²) in [6, 6.07) is 9.94. The van der Waals surface area contributed by atoms with Crippen LogP contribution >= 0.6 is 11.6 Å². The van der Waals surface area contributed by atoms with Crippen molar-refractivity contribution in [3.8, 4) is 0 Å². The van der Waals surface area contributed by atoms with Crippen LogP contribution in [0.15, 0.2) is 30.3 Å². The Kier molecular flexibility index (Phi) is 3.20. The molecule has 1 aliphatic heterocycles. The van der Waals surface area contributed by atoms with Gasteiger partial charge in [-0.25, -0.2) is 4.98 Å². The van der Waals surface area contributed by atoms with Crippen LogP contribution in [0.2, 0.25) is 5.15 Å². The summed E-state index contributed by atoms with van der Waals surface area (Å²) in [5.41, 5.74) is 2.17. The standard InChI is InChI=1S/C14H15ClN2O/c15-14-5-4-12-10(2-1-3-13(12)16-14)8-17-7-6-11(18)9-17/h1-5,11,18H,6-9H2. The van der Waals surface area contributed by atoms with Gasteiger partial charge in [-0.2, -0.15) is 0 Å². The third kappa shape index (κ3) is 2.34. The molecule has 18 heavy (non-hydrogen) atoms. The number of nitrogens with zero attached hydrogens (tertiary/aromatic N) is 2. The Labute approximate surface area is 111 Å². The minimum absolute atomic E-state index is 0.174. The highest BCUT2D eigenvalue weighted by atomic mass is 35.5. The van der Waals surface area contributed by atoms with Crippen LogP contribution in [0, 0.1) is 0 Å². The van der Waals surface area contributed by atoms with Crippen molar-refractivity contribution in [2.75, 3.05) is 13.1 Å². The number of β-amino-alcohol motifs (C(OH)–C–C–N with tert-alkyl or cyclic N) is 1. The zero-order chi connectivity index (χ0) is 12.5. The monoisotopic (exact) mass is 262 g/mol. The van der Waals surface area contributed by atoms with Gasteiger partial charge in [0.25, 0.3) is 0 Å². The van der Waals surface area contributed by atoms with Crippen molar-refractivity contribution in [3.05, 3.63) is 41.0 Å². The van der Waals surface area contributed by atoms with Crippen LogP contribution in [0.3, 0.4) is 0 Å². The Hall–Kier alpha value is -1.16. The lowest BCUT2D eigenvalue weighted by molar-refractivity contribution is 0.175. The van der Waals surface area contributed by atoms with Crippen LogP contribution in [-0.2, 0) is 6.54 Å². The Morgan fingerprint density at radius 3 is 3.00 bits per heavy atom. The van der Waals surface area contributed by atoms with Gasteiger partial charge in [0.05, 0.1) is 11.6 Å². The van der Waals surface area contributed by atoms with Crippen molar-refractivity contribution < 1.29 is 5.11 Å². The molecule has 3 rings (SSSR count). The third-order valence-corrected chi connectivity index (χ3v) is 3.64. The second kappa shape index (κ2) is 4.84. The van der Waals surface area contributed by atoms with E-state index >= 15 is 0 Å². The highest BCUT2D eigenvalue weighted by Crippen LogP contribution is 2.22. The van der Waals surface area contributed by atoms with E-state index < -0.39 is 0 Å². The zero-order valence-electron chi connectivity index (χ0n) is 10.0. The fraction of sp³-hybridized carbons (Fsp3) is 0.357. The molecule has 0 bridgehead atoms. The number of aliphatic hydroxyl groups excluding tert-OH is 1. The van der Waals surface area contributed by atoms with Crippen molar-refractivity contribution in [1.82, 2.24) is 9.88 Å². The maximum atomic E-state index is 9.56. The van der Waals surface area contributed by atoms with E-state index in [4.69, 9.17) is 11.6 Å². The molecule has 0 saturated carbocycles. The quantitative estimate of drug-likeness (QED) is 0.845. The summed E-state index contributed by atoms with van der Waals surface area (Å²) in [5, 5.41) is 11.2. The van der Waals surface area contributed by atoms with Crippen molar-refractivity contribution in [1.29, 1.82) is 0 Å². The molecular weight excluding hydrogens is 248 g/mol. The van der Waals surface area contributed by atoms with Gasteiger partial charge in [0, 0.05) is 25.0 Å².